The Labute approximate surface area is 101 Å². The van der Waals surface area contributed by atoms with Crippen molar-refractivity contribution in [3.05, 3.63) is 11.8 Å². The van der Waals surface area contributed by atoms with E-state index >= 15 is 0 Å². The third-order valence-corrected chi connectivity index (χ3v) is 3.34. The van der Waals surface area contributed by atoms with E-state index in [0.717, 1.165) is 56.8 Å². The molecule has 2 aliphatic rings. The summed E-state index contributed by atoms with van der Waals surface area (Å²) >= 11 is 0. The van der Waals surface area contributed by atoms with Crippen LogP contribution in [0.15, 0.2) is 4.42 Å². The summed E-state index contributed by atoms with van der Waals surface area (Å²) in [6.07, 6.45) is 5.63. The molecule has 1 aliphatic carbocycles. The van der Waals surface area contributed by atoms with Gasteiger partial charge in [-0.3, -0.25) is 0 Å². The normalized spacial score (nSPS) is 24.4. The molecule has 2 heterocycles. The molecule has 5 heteroatoms. The van der Waals surface area contributed by atoms with Gasteiger partial charge in [0, 0.05) is 19.1 Å². The van der Waals surface area contributed by atoms with Crippen molar-refractivity contribution in [1.82, 2.24) is 15.5 Å². The second-order valence-corrected chi connectivity index (χ2v) is 4.93. The van der Waals surface area contributed by atoms with Crippen molar-refractivity contribution in [2.75, 3.05) is 19.8 Å². The van der Waals surface area contributed by atoms with Crippen molar-refractivity contribution in [2.45, 2.75) is 44.1 Å². The second-order valence-electron chi connectivity index (χ2n) is 4.93. The summed E-state index contributed by atoms with van der Waals surface area (Å²) in [7, 11) is 0. The summed E-state index contributed by atoms with van der Waals surface area (Å²) in [6.45, 7) is 2.59. The van der Waals surface area contributed by atoms with Crippen molar-refractivity contribution in [1.29, 1.82) is 0 Å². The van der Waals surface area contributed by atoms with Gasteiger partial charge in [0.1, 0.15) is 0 Å². The van der Waals surface area contributed by atoms with Crippen LogP contribution in [0.1, 0.15) is 43.4 Å². The predicted molar refractivity (Wildman–Crippen MR) is 61.8 cm³/mol. The van der Waals surface area contributed by atoms with Crippen LogP contribution < -0.4 is 5.32 Å². The van der Waals surface area contributed by atoms with Crippen LogP contribution in [0.4, 0.5) is 0 Å². The Balaban J connectivity index is 1.42. The zero-order chi connectivity index (χ0) is 11.5. The van der Waals surface area contributed by atoms with Crippen LogP contribution in [0.25, 0.3) is 0 Å². The van der Waals surface area contributed by atoms with E-state index in [1.54, 1.807) is 0 Å². The molecule has 1 unspecified atom stereocenters. The monoisotopic (exact) mass is 237 g/mol. The minimum atomic E-state index is 0.320. The number of hydrogen-bond acceptors (Lipinski definition) is 5. The molecule has 1 aromatic heterocycles. The van der Waals surface area contributed by atoms with Crippen LogP contribution in [-0.2, 0) is 11.2 Å². The molecule has 17 heavy (non-hydrogen) atoms. The van der Waals surface area contributed by atoms with Gasteiger partial charge in [0.2, 0.25) is 11.8 Å². The largest absolute Gasteiger partial charge is 0.425 e. The first kappa shape index (κ1) is 11.2. The fourth-order valence-corrected chi connectivity index (χ4v) is 2.10. The minimum Gasteiger partial charge on any atom is -0.425 e. The first-order valence-corrected chi connectivity index (χ1v) is 6.55. The fourth-order valence-electron chi connectivity index (χ4n) is 2.10. The lowest BCUT2D eigenvalue weighted by Crippen LogP contribution is -2.17. The van der Waals surface area contributed by atoms with Crippen LogP contribution in [0.5, 0.6) is 0 Å². The molecule has 1 atom stereocenters. The molecule has 94 valence electrons. The Morgan fingerprint density at radius 3 is 2.94 bits per heavy atom. The van der Waals surface area contributed by atoms with Crippen LogP contribution in [0.2, 0.25) is 0 Å². The zero-order valence-electron chi connectivity index (χ0n) is 10.0. The van der Waals surface area contributed by atoms with Crippen molar-refractivity contribution < 1.29 is 9.15 Å². The van der Waals surface area contributed by atoms with E-state index in [4.69, 9.17) is 9.15 Å². The highest BCUT2D eigenvalue weighted by Gasteiger charge is 2.23. The predicted octanol–water partition coefficient (Wildman–Crippen LogP) is 1.26. The third kappa shape index (κ3) is 3.04. The highest BCUT2D eigenvalue weighted by Crippen LogP contribution is 2.24. The van der Waals surface area contributed by atoms with Gasteiger partial charge in [-0.1, -0.05) is 0 Å². The molecule has 0 amide bonds. The third-order valence-electron chi connectivity index (χ3n) is 3.34. The molecule has 0 spiro atoms. The van der Waals surface area contributed by atoms with Gasteiger partial charge in [-0.25, -0.2) is 0 Å². The number of nitrogens with one attached hydrogen (secondary N) is 1. The molecule has 5 nitrogen and oxygen atoms in total. The molecule has 0 aromatic carbocycles. The van der Waals surface area contributed by atoms with E-state index in [1.165, 1.54) is 12.8 Å². The lowest BCUT2D eigenvalue weighted by Gasteiger charge is -2.00. The van der Waals surface area contributed by atoms with E-state index in [9.17, 15) is 0 Å². The molecule has 3 rings (SSSR count). The van der Waals surface area contributed by atoms with Crippen LogP contribution >= 0.6 is 0 Å². The molecule has 1 aliphatic heterocycles. The van der Waals surface area contributed by atoms with Gasteiger partial charge < -0.3 is 14.5 Å². The van der Waals surface area contributed by atoms with E-state index in [0.29, 0.717) is 5.92 Å². The lowest BCUT2D eigenvalue weighted by atomic mass is 10.1. The Morgan fingerprint density at radius 2 is 2.18 bits per heavy atom. The van der Waals surface area contributed by atoms with Gasteiger partial charge in [-0.15, -0.1) is 10.2 Å². The molecule has 1 saturated heterocycles. The summed E-state index contributed by atoms with van der Waals surface area (Å²) in [5.74, 6) is 1.85. The van der Waals surface area contributed by atoms with E-state index in [1.807, 2.05) is 0 Å². The fraction of sp³-hybridized carbons (Fsp3) is 0.833. The number of nitrogens with zero attached hydrogens (tertiary/aromatic N) is 2. The van der Waals surface area contributed by atoms with E-state index < -0.39 is 0 Å². The average Bonchev–Trinajstić information content (AvgIpc) is 2.84. The van der Waals surface area contributed by atoms with Gasteiger partial charge in [-0.05, 0) is 32.2 Å². The number of ether oxygens (including phenoxy) is 1. The molecule has 0 bridgehead atoms. The molecule has 1 aromatic rings. The Hall–Kier alpha value is -0.940. The second kappa shape index (κ2) is 5.14. The SMILES string of the molecule is C(CNC1CC1)Cc1nnc(C2CCOC2)o1. The number of aromatic nitrogens is 2. The Morgan fingerprint density at radius 1 is 1.24 bits per heavy atom. The topological polar surface area (TPSA) is 60.2 Å². The summed E-state index contributed by atoms with van der Waals surface area (Å²) in [5.41, 5.74) is 0. The van der Waals surface area contributed by atoms with Gasteiger partial charge in [0.25, 0.3) is 0 Å². The lowest BCUT2D eigenvalue weighted by molar-refractivity contribution is 0.190. The maximum Gasteiger partial charge on any atom is 0.222 e. The maximum absolute atomic E-state index is 5.66. The first-order valence-electron chi connectivity index (χ1n) is 6.55. The summed E-state index contributed by atoms with van der Waals surface area (Å²) in [5, 5.41) is 11.7. The maximum atomic E-state index is 5.66. The van der Waals surface area contributed by atoms with E-state index in [2.05, 4.69) is 15.5 Å². The first-order chi connectivity index (χ1) is 8.42. The quantitative estimate of drug-likeness (QED) is 0.755. The minimum absolute atomic E-state index is 0.320. The van der Waals surface area contributed by atoms with Gasteiger partial charge in [0.05, 0.1) is 12.5 Å². The number of hydrogen-bond donors (Lipinski definition) is 1. The summed E-state index contributed by atoms with van der Waals surface area (Å²) in [4.78, 5) is 0. The number of aryl methyl sites for hydroxylation is 1. The molecule has 1 saturated carbocycles. The van der Waals surface area contributed by atoms with Gasteiger partial charge in [-0.2, -0.15) is 0 Å². The zero-order valence-corrected chi connectivity index (χ0v) is 10.0. The van der Waals surface area contributed by atoms with Crippen molar-refractivity contribution >= 4 is 0 Å². The smallest absolute Gasteiger partial charge is 0.222 e. The highest BCUT2D eigenvalue weighted by atomic mass is 16.5. The highest BCUT2D eigenvalue weighted by molar-refractivity contribution is 4.93. The van der Waals surface area contributed by atoms with E-state index in [-0.39, 0.29) is 0 Å². The molecular weight excluding hydrogens is 218 g/mol. The molecule has 1 N–H and O–H groups in total. The van der Waals surface area contributed by atoms with Crippen LogP contribution in [0, 0.1) is 0 Å². The van der Waals surface area contributed by atoms with Crippen molar-refractivity contribution in [3.8, 4) is 0 Å². The van der Waals surface area contributed by atoms with Crippen molar-refractivity contribution in [2.24, 2.45) is 0 Å². The van der Waals surface area contributed by atoms with Gasteiger partial charge in [0.15, 0.2) is 0 Å². The summed E-state index contributed by atoms with van der Waals surface area (Å²) in [6, 6.07) is 0.781. The standard InChI is InChI=1S/C12H19N3O2/c1(6-13-10-3-4-10)2-11-14-15-12(17-11)9-5-7-16-8-9/h9-10,13H,1-8H2. The Bertz CT molecular complexity index is 356. The van der Waals surface area contributed by atoms with Crippen LogP contribution in [0.3, 0.4) is 0 Å². The molecule has 2 fully saturated rings. The Kier molecular flexibility index (Phi) is 3.38. The molecule has 0 radical (unpaired) electrons. The average molecular weight is 237 g/mol. The summed E-state index contributed by atoms with van der Waals surface area (Å²) < 4.78 is 11.0. The van der Waals surface area contributed by atoms with Crippen molar-refractivity contribution in [3.63, 3.8) is 0 Å². The van der Waals surface area contributed by atoms with Gasteiger partial charge >= 0.3 is 0 Å². The number of rotatable bonds is 6. The molecular formula is C12H19N3O2. The van der Waals surface area contributed by atoms with Crippen LogP contribution in [-0.4, -0.2) is 36.0 Å².